The van der Waals surface area contributed by atoms with Gasteiger partial charge in [0, 0.05) is 6.54 Å². The van der Waals surface area contributed by atoms with Gasteiger partial charge in [0.05, 0.1) is 12.2 Å². The van der Waals surface area contributed by atoms with Crippen molar-refractivity contribution in [2.45, 2.75) is 38.4 Å². The summed E-state index contributed by atoms with van der Waals surface area (Å²) in [6, 6.07) is 0. The summed E-state index contributed by atoms with van der Waals surface area (Å²) in [6.07, 6.45) is 4.86. The summed E-state index contributed by atoms with van der Waals surface area (Å²) in [5.74, 6) is 3.64. The van der Waals surface area contributed by atoms with E-state index in [9.17, 15) is 0 Å². The molecule has 3 atom stereocenters. The Morgan fingerprint density at radius 1 is 1.29 bits per heavy atom. The molecule has 0 amide bonds. The van der Waals surface area contributed by atoms with E-state index in [1.54, 1.807) is 0 Å². The molecule has 0 aromatic rings. The van der Waals surface area contributed by atoms with Crippen LogP contribution in [0, 0.1) is 5.92 Å². The SMILES string of the molecule is CC1CCC(CNCC2CCSC2)O1. The molecule has 0 spiro atoms. The first kappa shape index (κ1) is 10.8. The summed E-state index contributed by atoms with van der Waals surface area (Å²) >= 11 is 2.09. The van der Waals surface area contributed by atoms with E-state index >= 15 is 0 Å². The van der Waals surface area contributed by atoms with Crippen LogP contribution in [0.5, 0.6) is 0 Å². The third kappa shape index (κ3) is 3.14. The van der Waals surface area contributed by atoms with Gasteiger partial charge >= 0.3 is 0 Å². The van der Waals surface area contributed by atoms with E-state index in [1.165, 1.54) is 37.3 Å². The molecule has 2 aliphatic rings. The number of thioether (sulfide) groups is 1. The predicted molar refractivity (Wildman–Crippen MR) is 61.9 cm³/mol. The van der Waals surface area contributed by atoms with Crippen molar-refractivity contribution in [2.24, 2.45) is 5.92 Å². The fourth-order valence-electron chi connectivity index (χ4n) is 2.23. The Kier molecular flexibility index (Phi) is 4.14. The second kappa shape index (κ2) is 5.38. The van der Waals surface area contributed by atoms with Crippen molar-refractivity contribution in [3.63, 3.8) is 0 Å². The van der Waals surface area contributed by atoms with Crippen LogP contribution in [0.4, 0.5) is 0 Å². The highest BCUT2D eigenvalue weighted by atomic mass is 32.2. The van der Waals surface area contributed by atoms with Crippen molar-refractivity contribution in [3.8, 4) is 0 Å². The summed E-state index contributed by atoms with van der Waals surface area (Å²) in [5, 5.41) is 3.55. The average Bonchev–Trinajstić information content (AvgIpc) is 2.77. The van der Waals surface area contributed by atoms with Gasteiger partial charge in [0.1, 0.15) is 0 Å². The summed E-state index contributed by atoms with van der Waals surface area (Å²) in [7, 11) is 0. The molecule has 2 nitrogen and oxygen atoms in total. The topological polar surface area (TPSA) is 21.3 Å². The zero-order valence-electron chi connectivity index (χ0n) is 9.00. The van der Waals surface area contributed by atoms with Crippen molar-refractivity contribution >= 4 is 11.8 Å². The number of nitrogens with one attached hydrogen (secondary N) is 1. The third-order valence-electron chi connectivity index (χ3n) is 3.15. The lowest BCUT2D eigenvalue weighted by atomic mass is 10.1. The quantitative estimate of drug-likeness (QED) is 0.774. The zero-order valence-corrected chi connectivity index (χ0v) is 9.81. The van der Waals surface area contributed by atoms with Gasteiger partial charge in [-0.1, -0.05) is 0 Å². The van der Waals surface area contributed by atoms with Gasteiger partial charge in [0.2, 0.25) is 0 Å². The first-order chi connectivity index (χ1) is 6.84. The van der Waals surface area contributed by atoms with Crippen LogP contribution < -0.4 is 5.32 Å². The van der Waals surface area contributed by atoms with Crippen molar-refractivity contribution < 1.29 is 4.74 Å². The van der Waals surface area contributed by atoms with E-state index in [1.807, 2.05) is 0 Å². The molecule has 2 saturated heterocycles. The Morgan fingerprint density at radius 2 is 2.21 bits per heavy atom. The second-order valence-electron chi connectivity index (χ2n) is 4.53. The molecule has 0 saturated carbocycles. The predicted octanol–water partition coefficient (Wildman–Crippen LogP) is 1.90. The van der Waals surface area contributed by atoms with Gasteiger partial charge in [-0.25, -0.2) is 0 Å². The maximum absolute atomic E-state index is 5.76. The highest BCUT2D eigenvalue weighted by Gasteiger charge is 2.22. The van der Waals surface area contributed by atoms with Crippen molar-refractivity contribution in [3.05, 3.63) is 0 Å². The van der Waals surface area contributed by atoms with Crippen LogP contribution in [-0.4, -0.2) is 36.8 Å². The molecule has 2 fully saturated rings. The first-order valence-electron chi connectivity index (χ1n) is 5.78. The van der Waals surface area contributed by atoms with Crippen LogP contribution in [0.3, 0.4) is 0 Å². The Bertz CT molecular complexity index is 171. The highest BCUT2D eigenvalue weighted by Crippen LogP contribution is 2.23. The van der Waals surface area contributed by atoms with Crippen LogP contribution >= 0.6 is 11.8 Å². The van der Waals surface area contributed by atoms with Crippen LogP contribution in [-0.2, 0) is 4.74 Å². The minimum absolute atomic E-state index is 0.485. The average molecular weight is 215 g/mol. The summed E-state index contributed by atoms with van der Waals surface area (Å²) in [4.78, 5) is 0. The van der Waals surface area contributed by atoms with E-state index in [0.29, 0.717) is 12.2 Å². The third-order valence-corrected chi connectivity index (χ3v) is 4.38. The van der Waals surface area contributed by atoms with E-state index in [4.69, 9.17) is 4.74 Å². The molecular formula is C11H21NOS. The van der Waals surface area contributed by atoms with Gasteiger partial charge in [0.25, 0.3) is 0 Å². The first-order valence-corrected chi connectivity index (χ1v) is 6.94. The molecule has 82 valence electrons. The van der Waals surface area contributed by atoms with Gasteiger partial charge in [-0.2, -0.15) is 11.8 Å². The molecule has 2 aliphatic heterocycles. The minimum Gasteiger partial charge on any atom is -0.374 e. The van der Waals surface area contributed by atoms with Gasteiger partial charge < -0.3 is 10.1 Å². The lowest BCUT2D eigenvalue weighted by molar-refractivity contribution is 0.0557. The van der Waals surface area contributed by atoms with Gasteiger partial charge in [-0.15, -0.1) is 0 Å². The molecule has 0 bridgehead atoms. The molecule has 0 radical (unpaired) electrons. The van der Waals surface area contributed by atoms with E-state index < -0.39 is 0 Å². The Labute approximate surface area is 91.2 Å². The highest BCUT2D eigenvalue weighted by molar-refractivity contribution is 7.99. The van der Waals surface area contributed by atoms with Gasteiger partial charge in [-0.05, 0) is 50.2 Å². The molecule has 2 heterocycles. The molecule has 0 aromatic heterocycles. The van der Waals surface area contributed by atoms with Crippen LogP contribution in [0.2, 0.25) is 0 Å². The zero-order chi connectivity index (χ0) is 9.80. The minimum atomic E-state index is 0.485. The Hall–Kier alpha value is 0.270. The fourth-order valence-corrected chi connectivity index (χ4v) is 3.51. The molecule has 3 heteroatoms. The van der Waals surface area contributed by atoms with Crippen molar-refractivity contribution in [1.29, 1.82) is 0 Å². The lowest BCUT2D eigenvalue weighted by Crippen LogP contribution is -2.31. The van der Waals surface area contributed by atoms with Crippen molar-refractivity contribution in [2.75, 3.05) is 24.6 Å². The maximum atomic E-state index is 5.76. The molecular weight excluding hydrogens is 194 g/mol. The molecule has 0 aliphatic carbocycles. The lowest BCUT2D eigenvalue weighted by Gasteiger charge is -2.14. The Morgan fingerprint density at radius 3 is 2.86 bits per heavy atom. The van der Waals surface area contributed by atoms with Crippen LogP contribution in [0.25, 0.3) is 0 Å². The number of hydrogen-bond acceptors (Lipinski definition) is 3. The summed E-state index contributed by atoms with van der Waals surface area (Å²) in [6.45, 7) is 4.43. The standard InChI is InChI=1S/C11H21NOS/c1-9-2-3-11(13-9)7-12-6-10-4-5-14-8-10/h9-12H,2-8H2,1H3. The van der Waals surface area contributed by atoms with E-state index in [-0.39, 0.29) is 0 Å². The monoisotopic (exact) mass is 215 g/mol. The number of hydrogen-bond donors (Lipinski definition) is 1. The summed E-state index contributed by atoms with van der Waals surface area (Å²) in [5.41, 5.74) is 0. The molecule has 3 unspecified atom stereocenters. The van der Waals surface area contributed by atoms with Crippen LogP contribution in [0.1, 0.15) is 26.2 Å². The van der Waals surface area contributed by atoms with Gasteiger partial charge in [0.15, 0.2) is 0 Å². The Balaban J connectivity index is 1.54. The largest absolute Gasteiger partial charge is 0.374 e. The number of ether oxygens (including phenoxy) is 1. The van der Waals surface area contributed by atoms with Crippen molar-refractivity contribution in [1.82, 2.24) is 5.32 Å². The second-order valence-corrected chi connectivity index (χ2v) is 5.68. The smallest absolute Gasteiger partial charge is 0.0704 e. The van der Waals surface area contributed by atoms with E-state index in [2.05, 4.69) is 24.0 Å². The van der Waals surface area contributed by atoms with E-state index in [0.717, 1.165) is 12.5 Å². The molecule has 2 rings (SSSR count). The molecule has 14 heavy (non-hydrogen) atoms. The number of rotatable bonds is 4. The van der Waals surface area contributed by atoms with Gasteiger partial charge in [-0.3, -0.25) is 0 Å². The normalized spacial score (nSPS) is 37.9. The summed E-state index contributed by atoms with van der Waals surface area (Å²) < 4.78 is 5.76. The maximum Gasteiger partial charge on any atom is 0.0704 e. The molecule has 0 aromatic carbocycles. The molecule has 1 N–H and O–H groups in total. The fraction of sp³-hybridized carbons (Fsp3) is 1.00. The van der Waals surface area contributed by atoms with Crippen LogP contribution in [0.15, 0.2) is 0 Å².